The Labute approximate surface area is 192 Å². The number of fused-ring (bicyclic) bond motifs is 1. The summed E-state index contributed by atoms with van der Waals surface area (Å²) in [6.45, 7) is 6.19. The van der Waals surface area contributed by atoms with Gasteiger partial charge in [0.05, 0.1) is 34.3 Å². The van der Waals surface area contributed by atoms with Gasteiger partial charge in [0.15, 0.2) is 0 Å². The highest BCUT2D eigenvalue weighted by Gasteiger charge is 2.21. The molecule has 1 aromatic carbocycles. The van der Waals surface area contributed by atoms with Gasteiger partial charge in [0.2, 0.25) is 5.88 Å². The summed E-state index contributed by atoms with van der Waals surface area (Å²) in [6.07, 6.45) is 1.60. The van der Waals surface area contributed by atoms with Crippen LogP contribution in [0, 0.1) is 11.3 Å². The van der Waals surface area contributed by atoms with E-state index in [0.29, 0.717) is 28.2 Å². The molecule has 0 aliphatic carbocycles. The summed E-state index contributed by atoms with van der Waals surface area (Å²) in [7, 11) is -2.38. The van der Waals surface area contributed by atoms with Gasteiger partial charge in [0.25, 0.3) is 10.0 Å². The van der Waals surface area contributed by atoms with E-state index in [1.165, 1.54) is 17.7 Å². The van der Waals surface area contributed by atoms with Crippen molar-refractivity contribution in [3.63, 3.8) is 0 Å². The molecule has 9 heteroatoms. The molecule has 3 heterocycles. The summed E-state index contributed by atoms with van der Waals surface area (Å²) in [5, 5.41) is 14.1. The minimum absolute atomic E-state index is 0.0895. The molecule has 0 saturated carbocycles. The predicted octanol–water partition coefficient (Wildman–Crippen LogP) is 4.37. The van der Waals surface area contributed by atoms with Crippen molar-refractivity contribution in [3.05, 3.63) is 71.9 Å². The smallest absolute Gasteiger partial charge is 0.263 e. The maximum absolute atomic E-state index is 13.1. The molecular formula is C24H23N5O3S. The number of nitrogens with zero attached hydrogens (tertiary/aromatic N) is 4. The highest BCUT2D eigenvalue weighted by Crippen LogP contribution is 2.30. The van der Waals surface area contributed by atoms with E-state index in [0.717, 1.165) is 5.56 Å². The summed E-state index contributed by atoms with van der Waals surface area (Å²) in [6, 6.07) is 17.2. The molecule has 3 aromatic heterocycles. The molecule has 8 nitrogen and oxygen atoms in total. The number of pyridine rings is 2. The fraction of sp³-hybridized carbons (Fsp3) is 0.208. The second-order valence-electron chi connectivity index (χ2n) is 8.51. The largest absolute Gasteiger partial charge is 0.481 e. The molecule has 0 saturated heterocycles. The van der Waals surface area contributed by atoms with Gasteiger partial charge < -0.3 is 4.74 Å². The molecule has 0 amide bonds. The minimum Gasteiger partial charge on any atom is -0.481 e. The molecule has 0 spiro atoms. The van der Waals surface area contributed by atoms with Gasteiger partial charge in [-0.3, -0.25) is 4.72 Å². The van der Waals surface area contributed by atoms with Crippen LogP contribution in [-0.4, -0.2) is 30.1 Å². The van der Waals surface area contributed by atoms with Crippen LogP contribution in [-0.2, 0) is 15.4 Å². The number of nitrogens with one attached hydrogen (secondary N) is 1. The van der Waals surface area contributed by atoms with E-state index in [1.807, 2.05) is 12.1 Å². The second kappa shape index (κ2) is 8.22. The van der Waals surface area contributed by atoms with Gasteiger partial charge in [-0.1, -0.05) is 32.9 Å². The zero-order valence-corrected chi connectivity index (χ0v) is 19.5. The minimum atomic E-state index is -3.89. The number of anilines is 1. The monoisotopic (exact) mass is 461 g/mol. The van der Waals surface area contributed by atoms with E-state index in [2.05, 4.69) is 41.6 Å². The number of rotatable bonds is 5. The number of sulfonamides is 1. The molecular weight excluding hydrogens is 438 g/mol. The van der Waals surface area contributed by atoms with E-state index in [4.69, 9.17) is 4.74 Å². The van der Waals surface area contributed by atoms with Crippen molar-refractivity contribution in [1.82, 2.24) is 14.6 Å². The molecule has 33 heavy (non-hydrogen) atoms. The number of hydrogen-bond acceptors (Lipinski definition) is 6. The molecule has 0 aliphatic heterocycles. The van der Waals surface area contributed by atoms with Gasteiger partial charge in [0, 0.05) is 6.20 Å². The van der Waals surface area contributed by atoms with Crippen molar-refractivity contribution in [3.8, 4) is 23.2 Å². The van der Waals surface area contributed by atoms with E-state index < -0.39 is 10.0 Å². The van der Waals surface area contributed by atoms with Crippen molar-refractivity contribution in [2.24, 2.45) is 0 Å². The van der Waals surface area contributed by atoms with Gasteiger partial charge in [0.1, 0.15) is 11.9 Å². The van der Waals surface area contributed by atoms with Crippen LogP contribution >= 0.6 is 0 Å². The summed E-state index contributed by atoms with van der Waals surface area (Å²) < 4.78 is 35.5. The Morgan fingerprint density at radius 1 is 1.09 bits per heavy atom. The van der Waals surface area contributed by atoms with Gasteiger partial charge >= 0.3 is 0 Å². The second-order valence-corrected chi connectivity index (χ2v) is 10.2. The van der Waals surface area contributed by atoms with Crippen LogP contribution in [0.5, 0.6) is 5.88 Å². The Hall–Kier alpha value is -3.90. The first-order valence-corrected chi connectivity index (χ1v) is 11.7. The molecule has 0 aliphatic rings. The SMILES string of the molecule is COc1ncccc1-c1cc2c(C#N)ccc(NS(=O)(=O)c3ccc(C(C)(C)C)cc3)n2n1. The van der Waals surface area contributed by atoms with Crippen LogP contribution in [0.3, 0.4) is 0 Å². The lowest BCUT2D eigenvalue weighted by Crippen LogP contribution is -2.17. The lowest BCUT2D eigenvalue weighted by molar-refractivity contribution is 0.399. The first kappa shape index (κ1) is 22.3. The van der Waals surface area contributed by atoms with Gasteiger partial charge in [-0.05, 0) is 53.4 Å². The van der Waals surface area contributed by atoms with E-state index in [9.17, 15) is 13.7 Å². The third-order valence-corrected chi connectivity index (χ3v) is 6.62. The fourth-order valence-electron chi connectivity index (χ4n) is 3.46. The first-order chi connectivity index (χ1) is 15.6. The number of benzene rings is 1. The third-order valence-electron chi connectivity index (χ3n) is 5.25. The Morgan fingerprint density at radius 2 is 1.82 bits per heavy atom. The molecule has 0 fully saturated rings. The fourth-order valence-corrected chi connectivity index (χ4v) is 4.50. The normalized spacial score (nSPS) is 11.8. The van der Waals surface area contributed by atoms with Gasteiger partial charge in [-0.25, -0.2) is 17.9 Å². The number of ether oxygens (including phenoxy) is 1. The van der Waals surface area contributed by atoms with Crippen molar-refractivity contribution < 1.29 is 13.2 Å². The van der Waals surface area contributed by atoms with Crippen LogP contribution in [0.2, 0.25) is 0 Å². The highest BCUT2D eigenvalue weighted by atomic mass is 32.2. The zero-order valence-electron chi connectivity index (χ0n) is 18.7. The molecule has 1 N–H and O–H groups in total. The van der Waals surface area contributed by atoms with Crippen LogP contribution in [0.15, 0.2) is 65.7 Å². The standard InChI is InChI=1S/C24H23N5O3S/c1-24(2,3)17-8-10-18(11-9-17)33(30,31)28-22-12-7-16(15-25)21-14-20(27-29(21)22)19-6-5-13-26-23(19)32-4/h5-14,28H,1-4H3. The molecule has 4 aromatic rings. The van der Waals surface area contributed by atoms with Gasteiger partial charge in [-0.2, -0.15) is 10.4 Å². The molecule has 0 bridgehead atoms. The molecule has 4 rings (SSSR count). The van der Waals surface area contributed by atoms with Crippen molar-refractivity contribution in [2.45, 2.75) is 31.1 Å². The lowest BCUT2D eigenvalue weighted by Gasteiger charge is -2.19. The predicted molar refractivity (Wildman–Crippen MR) is 126 cm³/mol. The Balaban J connectivity index is 1.78. The summed E-state index contributed by atoms with van der Waals surface area (Å²) in [4.78, 5) is 4.32. The summed E-state index contributed by atoms with van der Waals surface area (Å²) in [5.41, 5.74) is 2.88. The lowest BCUT2D eigenvalue weighted by atomic mass is 9.87. The Bertz CT molecular complexity index is 1480. The van der Waals surface area contributed by atoms with E-state index in [-0.39, 0.29) is 16.1 Å². The Kier molecular flexibility index (Phi) is 5.56. The van der Waals surface area contributed by atoms with Crippen molar-refractivity contribution in [2.75, 3.05) is 11.8 Å². The Morgan fingerprint density at radius 3 is 2.45 bits per heavy atom. The first-order valence-electron chi connectivity index (χ1n) is 10.2. The quantitative estimate of drug-likeness (QED) is 0.472. The zero-order chi connectivity index (χ0) is 23.8. The third kappa shape index (κ3) is 4.25. The molecule has 168 valence electrons. The maximum atomic E-state index is 13.1. The number of aromatic nitrogens is 3. The van der Waals surface area contributed by atoms with Gasteiger partial charge in [-0.15, -0.1) is 0 Å². The van der Waals surface area contributed by atoms with Crippen LogP contribution in [0.25, 0.3) is 16.8 Å². The summed E-state index contributed by atoms with van der Waals surface area (Å²) >= 11 is 0. The molecule has 0 radical (unpaired) electrons. The van der Waals surface area contributed by atoms with Crippen LogP contribution < -0.4 is 9.46 Å². The van der Waals surface area contributed by atoms with Crippen LogP contribution in [0.1, 0.15) is 31.9 Å². The number of methoxy groups -OCH3 is 1. The van der Waals surface area contributed by atoms with Crippen molar-refractivity contribution in [1.29, 1.82) is 5.26 Å². The summed E-state index contributed by atoms with van der Waals surface area (Å²) in [5.74, 6) is 0.582. The number of nitriles is 1. The van der Waals surface area contributed by atoms with Crippen LogP contribution in [0.4, 0.5) is 5.82 Å². The highest BCUT2D eigenvalue weighted by molar-refractivity contribution is 7.92. The van der Waals surface area contributed by atoms with Crippen molar-refractivity contribution >= 4 is 21.4 Å². The molecule has 0 atom stereocenters. The average molecular weight is 462 g/mol. The topological polar surface area (TPSA) is 109 Å². The van der Waals surface area contributed by atoms with E-state index in [1.54, 1.807) is 42.6 Å². The average Bonchev–Trinajstić information content (AvgIpc) is 3.24. The number of hydrogen-bond donors (Lipinski definition) is 1. The molecule has 0 unspecified atom stereocenters. The maximum Gasteiger partial charge on any atom is 0.263 e. The van der Waals surface area contributed by atoms with E-state index >= 15 is 0 Å².